The topological polar surface area (TPSA) is 72.5 Å². The standard InChI is InChI=1S/C23H23N5O2S/c1-16-11-25-28(13-16)18-8-5-9-26(14-18)21(29)20-12-24-23-27(22(20)30)15-19(31-23)10-17-6-3-2-4-7-17/h2-4,6-7,11-13,15,18H,5,8-10,14H2,1H3. The maximum Gasteiger partial charge on any atom is 0.271 e. The van der Waals surface area contributed by atoms with Gasteiger partial charge in [0.25, 0.3) is 11.5 Å². The largest absolute Gasteiger partial charge is 0.336 e. The van der Waals surface area contributed by atoms with Crippen LogP contribution in [0, 0.1) is 6.92 Å². The quantitative estimate of drug-likeness (QED) is 0.495. The molecule has 1 amide bonds. The summed E-state index contributed by atoms with van der Waals surface area (Å²) in [6, 6.07) is 10.2. The van der Waals surface area contributed by atoms with Crippen LogP contribution in [0.3, 0.4) is 0 Å². The molecule has 1 aliphatic heterocycles. The fourth-order valence-corrected chi connectivity index (χ4v) is 5.09. The molecule has 0 aliphatic carbocycles. The van der Waals surface area contributed by atoms with Gasteiger partial charge in [-0.15, -0.1) is 11.3 Å². The molecule has 0 radical (unpaired) electrons. The molecule has 1 unspecified atom stereocenters. The lowest BCUT2D eigenvalue weighted by atomic mass is 10.1. The highest BCUT2D eigenvalue weighted by atomic mass is 32.1. The van der Waals surface area contributed by atoms with Crippen LogP contribution in [0.25, 0.3) is 4.96 Å². The molecule has 8 heteroatoms. The third kappa shape index (κ3) is 3.90. The van der Waals surface area contributed by atoms with Crippen LogP contribution in [-0.2, 0) is 6.42 Å². The number of carbonyl (C=O) groups is 1. The second-order valence-corrected chi connectivity index (χ2v) is 9.13. The number of benzene rings is 1. The zero-order valence-corrected chi connectivity index (χ0v) is 18.1. The molecule has 4 aromatic rings. The smallest absolute Gasteiger partial charge is 0.271 e. The Morgan fingerprint density at radius 1 is 1.19 bits per heavy atom. The predicted molar refractivity (Wildman–Crippen MR) is 120 cm³/mol. The number of hydrogen-bond acceptors (Lipinski definition) is 5. The summed E-state index contributed by atoms with van der Waals surface area (Å²) >= 11 is 1.48. The zero-order chi connectivity index (χ0) is 21.4. The molecular weight excluding hydrogens is 410 g/mol. The zero-order valence-electron chi connectivity index (χ0n) is 17.3. The highest BCUT2D eigenvalue weighted by molar-refractivity contribution is 7.17. The monoisotopic (exact) mass is 433 g/mol. The number of hydrogen-bond donors (Lipinski definition) is 0. The first-order valence-corrected chi connectivity index (χ1v) is 11.2. The summed E-state index contributed by atoms with van der Waals surface area (Å²) in [6.45, 7) is 3.19. The van der Waals surface area contributed by atoms with E-state index in [9.17, 15) is 9.59 Å². The first-order chi connectivity index (χ1) is 15.1. The van der Waals surface area contributed by atoms with E-state index in [1.807, 2.05) is 48.4 Å². The average Bonchev–Trinajstić information content (AvgIpc) is 3.41. The van der Waals surface area contributed by atoms with Gasteiger partial charge in [-0.3, -0.25) is 18.7 Å². The van der Waals surface area contributed by atoms with Gasteiger partial charge in [-0.1, -0.05) is 30.3 Å². The Labute approximate surface area is 183 Å². The minimum Gasteiger partial charge on any atom is -0.336 e. The molecule has 4 heterocycles. The molecule has 31 heavy (non-hydrogen) atoms. The minimum absolute atomic E-state index is 0.124. The third-order valence-corrected chi connectivity index (χ3v) is 6.69. The van der Waals surface area contributed by atoms with Crippen LogP contribution < -0.4 is 5.56 Å². The van der Waals surface area contributed by atoms with Crippen LogP contribution in [0.1, 0.15) is 45.2 Å². The van der Waals surface area contributed by atoms with Crippen molar-refractivity contribution in [2.45, 2.75) is 32.2 Å². The summed E-state index contributed by atoms with van der Waals surface area (Å²) in [6.07, 6.45) is 9.65. The lowest BCUT2D eigenvalue weighted by Crippen LogP contribution is -2.43. The highest BCUT2D eigenvalue weighted by Crippen LogP contribution is 2.23. The molecule has 1 atom stereocenters. The molecule has 1 fully saturated rings. The lowest BCUT2D eigenvalue weighted by Gasteiger charge is -2.32. The van der Waals surface area contributed by atoms with Crippen molar-refractivity contribution in [1.82, 2.24) is 24.1 Å². The van der Waals surface area contributed by atoms with Crippen molar-refractivity contribution in [2.24, 2.45) is 0 Å². The van der Waals surface area contributed by atoms with Gasteiger partial charge in [-0.05, 0) is 30.9 Å². The maximum absolute atomic E-state index is 13.2. The summed E-state index contributed by atoms with van der Waals surface area (Å²) in [5.41, 5.74) is 2.09. The molecule has 3 aromatic heterocycles. The molecule has 5 rings (SSSR count). The summed E-state index contributed by atoms with van der Waals surface area (Å²) in [5.74, 6) is -0.253. The Morgan fingerprint density at radius 3 is 2.81 bits per heavy atom. The molecule has 1 aromatic carbocycles. The van der Waals surface area contributed by atoms with Crippen molar-refractivity contribution in [3.63, 3.8) is 0 Å². The van der Waals surface area contributed by atoms with Gasteiger partial charge in [0.05, 0.1) is 12.2 Å². The van der Waals surface area contributed by atoms with Gasteiger partial charge >= 0.3 is 0 Å². The second-order valence-electron chi connectivity index (χ2n) is 8.03. The van der Waals surface area contributed by atoms with Crippen LogP contribution in [0.5, 0.6) is 0 Å². The second kappa shape index (κ2) is 8.11. The molecule has 7 nitrogen and oxygen atoms in total. The van der Waals surface area contributed by atoms with Crippen molar-refractivity contribution in [3.05, 3.63) is 87.0 Å². The Hall–Kier alpha value is -3.26. The lowest BCUT2D eigenvalue weighted by molar-refractivity contribution is 0.0670. The van der Waals surface area contributed by atoms with Gasteiger partial charge < -0.3 is 4.90 Å². The molecule has 0 saturated carbocycles. The Bertz CT molecular complexity index is 1290. The van der Waals surface area contributed by atoms with E-state index in [2.05, 4.69) is 22.2 Å². The van der Waals surface area contributed by atoms with Crippen molar-refractivity contribution >= 4 is 22.2 Å². The van der Waals surface area contributed by atoms with Crippen LogP contribution in [0.15, 0.2) is 59.9 Å². The van der Waals surface area contributed by atoms with Crippen molar-refractivity contribution in [2.75, 3.05) is 13.1 Å². The van der Waals surface area contributed by atoms with E-state index in [-0.39, 0.29) is 23.1 Å². The number of rotatable bonds is 4. The Balaban J connectivity index is 1.39. The Morgan fingerprint density at radius 2 is 2.03 bits per heavy atom. The van der Waals surface area contributed by atoms with Crippen molar-refractivity contribution < 1.29 is 4.79 Å². The van der Waals surface area contributed by atoms with E-state index in [1.165, 1.54) is 27.5 Å². The van der Waals surface area contributed by atoms with Gasteiger partial charge in [0.1, 0.15) is 5.56 Å². The van der Waals surface area contributed by atoms with E-state index >= 15 is 0 Å². The summed E-state index contributed by atoms with van der Waals surface area (Å²) in [4.78, 5) is 34.1. The normalized spacial score (nSPS) is 16.7. The number of fused-ring (bicyclic) bond motifs is 1. The summed E-state index contributed by atoms with van der Waals surface area (Å²) in [7, 11) is 0. The number of piperidine rings is 1. The number of amides is 1. The van der Waals surface area contributed by atoms with Crippen LogP contribution in [0.4, 0.5) is 0 Å². The molecule has 0 spiro atoms. The number of nitrogens with zero attached hydrogens (tertiary/aromatic N) is 5. The average molecular weight is 434 g/mol. The van der Waals surface area contributed by atoms with Gasteiger partial charge in [0.15, 0.2) is 4.96 Å². The predicted octanol–water partition coefficient (Wildman–Crippen LogP) is 3.33. The van der Waals surface area contributed by atoms with Gasteiger partial charge in [0, 0.05) is 43.0 Å². The van der Waals surface area contributed by atoms with E-state index in [1.54, 1.807) is 4.90 Å². The van der Waals surface area contributed by atoms with Gasteiger partial charge in [-0.25, -0.2) is 4.98 Å². The van der Waals surface area contributed by atoms with E-state index in [0.717, 1.165) is 29.7 Å². The number of aromatic nitrogens is 4. The fourth-order valence-electron chi connectivity index (χ4n) is 4.11. The molecule has 1 aliphatic rings. The molecule has 1 saturated heterocycles. The SMILES string of the molecule is Cc1cnn(C2CCCN(C(=O)c3cnc4sc(Cc5ccccc5)cn4c3=O)C2)c1. The van der Waals surface area contributed by atoms with Crippen molar-refractivity contribution in [3.8, 4) is 0 Å². The molecular formula is C23H23N5O2S. The fraction of sp³-hybridized carbons (Fsp3) is 0.304. The highest BCUT2D eigenvalue weighted by Gasteiger charge is 2.28. The molecule has 0 bridgehead atoms. The van der Waals surface area contributed by atoms with Gasteiger partial charge in [0.2, 0.25) is 0 Å². The number of carbonyl (C=O) groups excluding carboxylic acids is 1. The maximum atomic E-state index is 13.2. The van der Waals surface area contributed by atoms with E-state index in [4.69, 9.17) is 0 Å². The number of aryl methyl sites for hydroxylation is 1. The first kappa shape index (κ1) is 19.7. The first-order valence-electron chi connectivity index (χ1n) is 10.4. The van der Waals surface area contributed by atoms with E-state index < -0.39 is 0 Å². The third-order valence-electron chi connectivity index (χ3n) is 5.69. The van der Waals surface area contributed by atoms with Crippen molar-refractivity contribution in [1.29, 1.82) is 0 Å². The minimum atomic E-state index is -0.303. The number of thiazole rings is 1. The van der Waals surface area contributed by atoms with E-state index in [0.29, 0.717) is 18.1 Å². The van der Waals surface area contributed by atoms with Crippen LogP contribution >= 0.6 is 11.3 Å². The van der Waals surface area contributed by atoms with Crippen LogP contribution in [-0.4, -0.2) is 43.1 Å². The summed E-state index contributed by atoms with van der Waals surface area (Å²) in [5, 5.41) is 4.40. The van der Waals surface area contributed by atoms with Gasteiger partial charge in [-0.2, -0.15) is 5.10 Å². The number of likely N-dealkylation sites (tertiary alicyclic amines) is 1. The summed E-state index contributed by atoms with van der Waals surface area (Å²) < 4.78 is 3.44. The molecule has 158 valence electrons. The van der Waals surface area contributed by atoms with Crippen LogP contribution in [0.2, 0.25) is 0 Å². The molecule has 0 N–H and O–H groups in total. The Kier molecular flexibility index (Phi) is 5.15.